The van der Waals surface area contributed by atoms with Gasteiger partial charge in [0, 0.05) is 19.5 Å². The van der Waals surface area contributed by atoms with Gasteiger partial charge >= 0.3 is 0 Å². The normalized spacial score (nSPS) is 11.6. The van der Waals surface area contributed by atoms with Crippen molar-refractivity contribution in [1.82, 2.24) is 10.2 Å². The molecular formula is C29H33FN2O4. The fraction of sp³-hybridized carbons (Fsp3) is 0.310. The summed E-state index contributed by atoms with van der Waals surface area (Å²) in [6, 6.07) is 21.7. The molecule has 3 aromatic carbocycles. The lowest BCUT2D eigenvalue weighted by molar-refractivity contribution is -0.142. The summed E-state index contributed by atoms with van der Waals surface area (Å²) < 4.78 is 24.3. The summed E-state index contributed by atoms with van der Waals surface area (Å²) in [5, 5.41) is 2.99. The lowest BCUT2D eigenvalue weighted by Crippen LogP contribution is -2.52. The monoisotopic (exact) mass is 492 g/mol. The maximum absolute atomic E-state index is 13.5. The Kier molecular flexibility index (Phi) is 9.86. The largest absolute Gasteiger partial charge is 0.497 e. The highest BCUT2D eigenvalue weighted by molar-refractivity contribution is 5.88. The third-order valence-electron chi connectivity index (χ3n) is 5.62. The van der Waals surface area contributed by atoms with Gasteiger partial charge < -0.3 is 19.7 Å². The number of benzene rings is 3. The van der Waals surface area contributed by atoms with Crippen LogP contribution in [0.3, 0.4) is 0 Å². The number of nitrogens with zero attached hydrogens (tertiary/aromatic N) is 1. The molecule has 0 aliphatic heterocycles. The standard InChI is InChI=1S/C29H33FN2O4/c1-21(2)18-31-29(34)27(17-22-8-5-4-6-9-22)32(19-23-10-7-11-26(16-23)35-3)28(33)20-36-25-14-12-24(30)13-15-25/h4-16,21,27H,17-20H2,1-3H3,(H,31,34)/t27-/m0/s1. The molecule has 0 unspecified atom stereocenters. The molecule has 0 saturated heterocycles. The molecule has 0 spiro atoms. The molecule has 0 radical (unpaired) electrons. The summed E-state index contributed by atoms with van der Waals surface area (Å²) in [5.74, 6) is 0.309. The Hall–Kier alpha value is -3.87. The van der Waals surface area contributed by atoms with E-state index in [4.69, 9.17) is 9.47 Å². The lowest BCUT2D eigenvalue weighted by atomic mass is 10.0. The van der Waals surface area contributed by atoms with Crippen LogP contribution >= 0.6 is 0 Å². The number of methoxy groups -OCH3 is 1. The fourth-order valence-electron chi connectivity index (χ4n) is 3.70. The van der Waals surface area contributed by atoms with Crippen LogP contribution < -0.4 is 14.8 Å². The molecule has 0 fully saturated rings. The highest BCUT2D eigenvalue weighted by atomic mass is 19.1. The maximum Gasteiger partial charge on any atom is 0.261 e. The van der Waals surface area contributed by atoms with E-state index in [1.165, 1.54) is 24.3 Å². The molecule has 1 N–H and O–H groups in total. The van der Waals surface area contributed by atoms with E-state index in [0.717, 1.165) is 11.1 Å². The first-order valence-electron chi connectivity index (χ1n) is 12.0. The zero-order valence-electron chi connectivity index (χ0n) is 20.9. The smallest absolute Gasteiger partial charge is 0.261 e. The molecular weight excluding hydrogens is 459 g/mol. The molecule has 0 aliphatic carbocycles. The van der Waals surface area contributed by atoms with E-state index in [1.807, 2.05) is 68.4 Å². The predicted octanol–water partition coefficient (Wildman–Crippen LogP) is 4.63. The molecule has 7 heteroatoms. The van der Waals surface area contributed by atoms with Crippen LogP contribution in [0.25, 0.3) is 0 Å². The first kappa shape index (κ1) is 26.7. The van der Waals surface area contributed by atoms with Crippen molar-refractivity contribution in [2.75, 3.05) is 20.3 Å². The van der Waals surface area contributed by atoms with Crippen molar-refractivity contribution >= 4 is 11.8 Å². The van der Waals surface area contributed by atoms with Crippen molar-refractivity contribution in [1.29, 1.82) is 0 Å². The average Bonchev–Trinajstić information content (AvgIpc) is 2.89. The number of carbonyl (C=O) groups excluding carboxylic acids is 2. The van der Waals surface area contributed by atoms with Crippen LogP contribution in [0.4, 0.5) is 4.39 Å². The van der Waals surface area contributed by atoms with Crippen LogP contribution in [0, 0.1) is 11.7 Å². The number of amides is 2. The van der Waals surface area contributed by atoms with E-state index < -0.39 is 11.9 Å². The van der Waals surface area contributed by atoms with Crippen molar-refractivity contribution in [3.63, 3.8) is 0 Å². The summed E-state index contributed by atoms with van der Waals surface area (Å²) in [7, 11) is 1.58. The van der Waals surface area contributed by atoms with E-state index in [-0.39, 0.29) is 30.9 Å². The van der Waals surface area contributed by atoms with E-state index in [1.54, 1.807) is 12.0 Å². The van der Waals surface area contributed by atoms with Gasteiger partial charge in [-0.3, -0.25) is 9.59 Å². The van der Waals surface area contributed by atoms with E-state index >= 15 is 0 Å². The molecule has 0 aliphatic rings. The first-order valence-corrected chi connectivity index (χ1v) is 12.0. The molecule has 0 bridgehead atoms. The third kappa shape index (κ3) is 8.12. The van der Waals surface area contributed by atoms with Crippen molar-refractivity contribution in [3.8, 4) is 11.5 Å². The van der Waals surface area contributed by atoms with Gasteiger partial charge in [-0.2, -0.15) is 0 Å². The Balaban J connectivity index is 1.90. The minimum atomic E-state index is -0.762. The van der Waals surface area contributed by atoms with Gasteiger partial charge in [-0.15, -0.1) is 0 Å². The van der Waals surface area contributed by atoms with E-state index in [2.05, 4.69) is 5.32 Å². The molecule has 0 heterocycles. The van der Waals surface area contributed by atoms with Crippen molar-refractivity contribution in [2.24, 2.45) is 5.92 Å². The Morgan fingerprint density at radius 1 is 0.917 bits per heavy atom. The van der Waals surface area contributed by atoms with Crippen LogP contribution in [0.5, 0.6) is 11.5 Å². The maximum atomic E-state index is 13.5. The summed E-state index contributed by atoms with van der Waals surface area (Å²) in [6.07, 6.45) is 0.344. The SMILES string of the molecule is COc1cccc(CN(C(=O)COc2ccc(F)cc2)[C@@H](Cc2ccccc2)C(=O)NCC(C)C)c1. The van der Waals surface area contributed by atoms with Crippen LogP contribution in [0.15, 0.2) is 78.9 Å². The molecule has 190 valence electrons. The molecule has 3 aromatic rings. The van der Waals surface area contributed by atoms with Crippen LogP contribution in [-0.2, 0) is 22.6 Å². The molecule has 36 heavy (non-hydrogen) atoms. The van der Waals surface area contributed by atoms with Crippen LogP contribution in [-0.4, -0.2) is 43.0 Å². The molecule has 6 nitrogen and oxygen atoms in total. The highest BCUT2D eigenvalue weighted by Gasteiger charge is 2.30. The third-order valence-corrected chi connectivity index (χ3v) is 5.62. The minimum Gasteiger partial charge on any atom is -0.497 e. The van der Waals surface area contributed by atoms with Crippen LogP contribution in [0.1, 0.15) is 25.0 Å². The van der Waals surface area contributed by atoms with Gasteiger partial charge in [-0.25, -0.2) is 4.39 Å². The average molecular weight is 493 g/mol. The molecule has 1 atom stereocenters. The lowest BCUT2D eigenvalue weighted by Gasteiger charge is -2.31. The summed E-state index contributed by atoms with van der Waals surface area (Å²) in [6.45, 7) is 4.43. The van der Waals surface area contributed by atoms with Crippen LogP contribution in [0.2, 0.25) is 0 Å². The van der Waals surface area contributed by atoms with E-state index in [0.29, 0.717) is 24.5 Å². The minimum absolute atomic E-state index is 0.190. The van der Waals surface area contributed by atoms with Gasteiger partial charge in [0.2, 0.25) is 5.91 Å². The summed E-state index contributed by atoms with van der Waals surface area (Å²) in [5.41, 5.74) is 1.75. The summed E-state index contributed by atoms with van der Waals surface area (Å²) in [4.78, 5) is 28.5. The number of halogens is 1. The quantitative estimate of drug-likeness (QED) is 0.401. The number of hydrogen-bond acceptors (Lipinski definition) is 4. The van der Waals surface area contributed by atoms with Gasteiger partial charge in [0.15, 0.2) is 6.61 Å². The van der Waals surface area contributed by atoms with E-state index in [9.17, 15) is 14.0 Å². The van der Waals surface area contributed by atoms with Gasteiger partial charge in [-0.1, -0.05) is 56.3 Å². The second kappa shape index (κ2) is 13.3. The van der Waals surface area contributed by atoms with Gasteiger partial charge in [0.1, 0.15) is 23.4 Å². The fourth-order valence-corrected chi connectivity index (χ4v) is 3.70. The Morgan fingerprint density at radius 3 is 2.28 bits per heavy atom. The number of rotatable bonds is 12. The second-order valence-electron chi connectivity index (χ2n) is 8.96. The number of hydrogen-bond donors (Lipinski definition) is 1. The van der Waals surface area contributed by atoms with Gasteiger partial charge in [-0.05, 0) is 53.4 Å². The van der Waals surface area contributed by atoms with Crippen molar-refractivity contribution in [3.05, 3.63) is 95.8 Å². The molecule has 0 aromatic heterocycles. The van der Waals surface area contributed by atoms with Gasteiger partial charge in [0.25, 0.3) is 5.91 Å². The van der Waals surface area contributed by atoms with Gasteiger partial charge in [0.05, 0.1) is 7.11 Å². The predicted molar refractivity (Wildman–Crippen MR) is 137 cm³/mol. The Labute approximate surface area is 212 Å². The van der Waals surface area contributed by atoms with Crippen molar-refractivity contribution < 1.29 is 23.5 Å². The summed E-state index contributed by atoms with van der Waals surface area (Å²) >= 11 is 0. The topological polar surface area (TPSA) is 67.9 Å². The highest BCUT2D eigenvalue weighted by Crippen LogP contribution is 2.19. The zero-order chi connectivity index (χ0) is 25.9. The molecule has 2 amide bonds. The molecule has 0 saturated carbocycles. The number of ether oxygens (including phenoxy) is 2. The zero-order valence-corrected chi connectivity index (χ0v) is 20.9. The first-order chi connectivity index (χ1) is 17.4. The number of nitrogens with one attached hydrogen (secondary N) is 1. The Morgan fingerprint density at radius 2 is 1.61 bits per heavy atom. The molecule has 3 rings (SSSR count). The number of carbonyl (C=O) groups is 2. The van der Waals surface area contributed by atoms with Crippen molar-refractivity contribution in [2.45, 2.75) is 32.9 Å². The second-order valence-corrected chi connectivity index (χ2v) is 8.96. The Bertz CT molecular complexity index is 1120.